The van der Waals surface area contributed by atoms with Gasteiger partial charge in [0.25, 0.3) is 0 Å². The first-order valence-electron chi connectivity index (χ1n) is 7.48. The predicted octanol–water partition coefficient (Wildman–Crippen LogP) is 1.68. The second kappa shape index (κ2) is 7.23. The van der Waals surface area contributed by atoms with Gasteiger partial charge in [0.05, 0.1) is 6.07 Å². The van der Waals surface area contributed by atoms with Gasteiger partial charge in [-0.2, -0.15) is 5.26 Å². The molecule has 1 aliphatic rings. The SMILES string of the molecule is CCNC(C)(C#N)CC(C)N1CCC(N(C)C)CC1. The van der Waals surface area contributed by atoms with Gasteiger partial charge in [-0.05, 0) is 66.8 Å². The van der Waals surface area contributed by atoms with E-state index in [1.54, 1.807) is 0 Å². The maximum Gasteiger partial charge on any atom is 0.105 e. The normalized spacial score (nSPS) is 23.0. The Hall–Kier alpha value is -0.630. The Bertz CT molecular complexity index is 302. The molecule has 4 heteroatoms. The van der Waals surface area contributed by atoms with E-state index >= 15 is 0 Å². The molecule has 2 atom stereocenters. The molecule has 2 unspecified atom stereocenters. The highest BCUT2D eigenvalue weighted by atomic mass is 15.2. The van der Waals surface area contributed by atoms with Crippen molar-refractivity contribution in [2.75, 3.05) is 33.7 Å². The summed E-state index contributed by atoms with van der Waals surface area (Å²) in [7, 11) is 4.34. The van der Waals surface area contributed by atoms with Gasteiger partial charge in [-0.25, -0.2) is 0 Å². The summed E-state index contributed by atoms with van der Waals surface area (Å²) in [6.45, 7) is 9.47. The van der Waals surface area contributed by atoms with Crippen LogP contribution in [0, 0.1) is 11.3 Å². The van der Waals surface area contributed by atoms with Gasteiger partial charge in [0.1, 0.15) is 5.54 Å². The average Bonchev–Trinajstić information content (AvgIpc) is 2.39. The van der Waals surface area contributed by atoms with Gasteiger partial charge in [0.2, 0.25) is 0 Å². The van der Waals surface area contributed by atoms with Crippen LogP contribution in [0.25, 0.3) is 0 Å². The van der Waals surface area contributed by atoms with Crippen LogP contribution in [0.5, 0.6) is 0 Å². The fourth-order valence-electron chi connectivity index (χ4n) is 3.11. The van der Waals surface area contributed by atoms with E-state index in [-0.39, 0.29) is 0 Å². The molecule has 0 aromatic heterocycles. The Kier molecular flexibility index (Phi) is 6.25. The first kappa shape index (κ1) is 16.4. The summed E-state index contributed by atoms with van der Waals surface area (Å²) < 4.78 is 0. The molecule has 1 fully saturated rings. The Morgan fingerprint density at radius 2 is 2.00 bits per heavy atom. The first-order valence-corrected chi connectivity index (χ1v) is 7.48. The van der Waals surface area contributed by atoms with E-state index in [0.29, 0.717) is 6.04 Å². The van der Waals surface area contributed by atoms with Gasteiger partial charge in [-0.15, -0.1) is 0 Å². The largest absolute Gasteiger partial charge is 0.306 e. The van der Waals surface area contributed by atoms with Gasteiger partial charge in [0.15, 0.2) is 0 Å². The Morgan fingerprint density at radius 1 is 1.42 bits per heavy atom. The molecule has 1 heterocycles. The smallest absolute Gasteiger partial charge is 0.105 e. The third-order valence-corrected chi connectivity index (χ3v) is 4.37. The minimum atomic E-state index is -0.396. The minimum absolute atomic E-state index is 0.396. The van der Waals surface area contributed by atoms with E-state index in [4.69, 9.17) is 0 Å². The fraction of sp³-hybridized carbons (Fsp3) is 0.933. The van der Waals surface area contributed by atoms with Gasteiger partial charge < -0.3 is 9.80 Å². The van der Waals surface area contributed by atoms with Crippen LogP contribution >= 0.6 is 0 Å². The quantitative estimate of drug-likeness (QED) is 0.794. The molecule has 0 aromatic rings. The van der Waals surface area contributed by atoms with Crippen molar-refractivity contribution in [3.05, 3.63) is 0 Å². The third-order valence-electron chi connectivity index (χ3n) is 4.37. The molecule has 1 rings (SSSR count). The van der Waals surface area contributed by atoms with Crippen LogP contribution in [-0.4, -0.2) is 61.2 Å². The average molecular weight is 266 g/mol. The molecule has 0 aliphatic carbocycles. The van der Waals surface area contributed by atoms with Crippen molar-refractivity contribution in [3.8, 4) is 6.07 Å². The van der Waals surface area contributed by atoms with E-state index in [9.17, 15) is 5.26 Å². The highest BCUT2D eigenvalue weighted by molar-refractivity contribution is 5.05. The lowest BCUT2D eigenvalue weighted by molar-refractivity contribution is 0.102. The van der Waals surface area contributed by atoms with E-state index in [1.807, 2.05) is 6.92 Å². The number of hydrogen-bond donors (Lipinski definition) is 1. The number of nitriles is 1. The molecule has 1 N–H and O–H groups in total. The zero-order chi connectivity index (χ0) is 14.5. The highest BCUT2D eigenvalue weighted by Gasteiger charge is 2.30. The first-order chi connectivity index (χ1) is 8.91. The fourth-order valence-corrected chi connectivity index (χ4v) is 3.11. The summed E-state index contributed by atoms with van der Waals surface area (Å²) in [5.74, 6) is 0. The molecule has 0 bridgehead atoms. The monoisotopic (exact) mass is 266 g/mol. The molecule has 0 aromatic carbocycles. The van der Waals surface area contributed by atoms with Gasteiger partial charge in [-0.3, -0.25) is 5.32 Å². The van der Waals surface area contributed by atoms with Gasteiger partial charge in [-0.1, -0.05) is 6.92 Å². The van der Waals surface area contributed by atoms with E-state index in [1.165, 1.54) is 12.8 Å². The van der Waals surface area contributed by atoms with Crippen molar-refractivity contribution in [1.29, 1.82) is 5.26 Å². The Balaban J connectivity index is 2.47. The zero-order valence-electron chi connectivity index (χ0n) is 13.2. The van der Waals surface area contributed by atoms with Crippen LogP contribution in [0.3, 0.4) is 0 Å². The number of nitrogens with zero attached hydrogens (tertiary/aromatic N) is 3. The lowest BCUT2D eigenvalue weighted by Gasteiger charge is -2.40. The second-order valence-corrected chi connectivity index (χ2v) is 6.26. The van der Waals surface area contributed by atoms with Crippen LogP contribution in [0.15, 0.2) is 0 Å². The molecular weight excluding hydrogens is 236 g/mol. The minimum Gasteiger partial charge on any atom is -0.306 e. The molecule has 1 saturated heterocycles. The van der Waals surface area contributed by atoms with E-state index < -0.39 is 5.54 Å². The summed E-state index contributed by atoms with van der Waals surface area (Å²) in [4.78, 5) is 4.87. The summed E-state index contributed by atoms with van der Waals surface area (Å²) in [5, 5.41) is 12.7. The van der Waals surface area contributed by atoms with Crippen LogP contribution in [0.2, 0.25) is 0 Å². The van der Waals surface area contributed by atoms with Crippen molar-refractivity contribution < 1.29 is 0 Å². The summed E-state index contributed by atoms with van der Waals surface area (Å²) in [6, 6.07) is 3.62. The second-order valence-electron chi connectivity index (χ2n) is 6.26. The molecule has 110 valence electrons. The predicted molar refractivity (Wildman–Crippen MR) is 80.1 cm³/mol. The number of likely N-dealkylation sites (tertiary alicyclic amines) is 1. The van der Waals surface area contributed by atoms with Crippen LogP contribution in [0.1, 0.15) is 40.0 Å². The molecule has 0 spiro atoms. The highest BCUT2D eigenvalue weighted by Crippen LogP contribution is 2.21. The van der Waals surface area contributed by atoms with Crippen molar-refractivity contribution in [2.24, 2.45) is 0 Å². The summed E-state index contributed by atoms with van der Waals surface area (Å²) in [6.07, 6.45) is 3.37. The zero-order valence-corrected chi connectivity index (χ0v) is 13.2. The maximum atomic E-state index is 9.34. The Labute approximate surface area is 118 Å². The van der Waals surface area contributed by atoms with Crippen molar-refractivity contribution in [2.45, 2.75) is 57.7 Å². The molecule has 0 saturated carbocycles. The molecule has 1 aliphatic heterocycles. The van der Waals surface area contributed by atoms with Crippen molar-refractivity contribution in [3.63, 3.8) is 0 Å². The van der Waals surface area contributed by atoms with E-state index in [2.05, 4.69) is 49.1 Å². The van der Waals surface area contributed by atoms with Crippen LogP contribution in [0.4, 0.5) is 0 Å². The third kappa shape index (κ3) is 4.76. The lowest BCUT2D eigenvalue weighted by Crippen LogP contribution is -2.50. The molecule has 4 nitrogen and oxygen atoms in total. The molecular formula is C15H30N4. The lowest BCUT2D eigenvalue weighted by atomic mass is 9.92. The topological polar surface area (TPSA) is 42.3 Å². The number of rotatable bonds is 6. The van der Waals surface area contributed by atoms with E-state index in [0.717, 1.165) is 32.1 Å². The van der Waals surface area contributed by atoms with Crippen molar-refractivity contribution >= 4 is 0 Å². The number of nitrogens with one attached hydrogen (secondary N) is 1. The summed E-state index contributed by atoms with van der Waals surface area (Å²) >= 11 is 0. The summed E-state index contributed by atoms with van der Waals surface area (Å²) in [5.41, 5.74) is -0.396. The number of piperidine rings is 1. The van der Waals surface area contributed by atoms with Gasteiger partial charge >= 0.3 is 0 Å². The van der Waals surface area contributed by atoms with Crippen LogP contribution in [-0.2, 0) is 0 Å². The van der Waals surface area contributed by atoms with Crippen LogP contribution < -0.4 is 5.32 Å². The molecule has 0 radical (unpaired) electrons. The van der Waals surface area contributed by atoms with Gasteiger partial charge in [0, 0.05) is 12.1 Å². The standard InChI is InChI=1S/C15H30N4/c1-6-17-15(3,12-16)11-13(2)19-9-7-14(8-10-19)18(4)5/h13-14,17H,6-11H2,1-5H3. The molecule has 19 heavy (non-hydrogen) atoms. The Morgan fingerprint density at radius 3 is 2.42 bits per heavy atom. The van der Waals surface area contributed by atoms with Crippen molar-refractivity contribution in [1.82, 2.24) is 15.1 Å². The number of hydrogen-bond acceptors (Lipinski definition) is 4. The molecule has 0 amide bonds. The maximum absolute atomic E-state index is 9.34.